The molecule has 18 heavy (non-hydrogen) atoms. The second kappa shape index (κ2) is 5.12. The summed E-state index contributed by atoms with van der Waals surface area (Å²) < 4.78 is 11.0. The highest BCUT2D eigenvalue weighted by Crippen LogP contribution is 2.21. The van der Waals surface area contributed by atoms with Gasteiger partial charge < -0.3 is 9.15 Å². The van der Waals surface area contributed by atoms with Gasteiger partial charge in [0.05, 0.1) is 5.60 Å². The number of benzene rings is 1. The van der Waals surface area contributed by atoms with Crippen LogP contribution in [0.2, 0.25) is 5.02 Å². The van der Waals surface area contributed by atoms with Crippen LogP contribution >= 0.6 is 11.6 Å². The van der Waals surface area contributed by atoms with Gasteiger partial charge in [0.2, 0.25) is 5.89 Å². The van der Waals surface area contributed by atoms with Crippen molar-refractivity contribution in [1.29, 1.82) is 0 Å². The van der Waals surface area contributed by atoms with E-state index in [9.17, 15) is 0 Å². The molecule has 0 fully saturated rings. The van der Waals surface area contributed by atoms with E-state index in [-0.39, 0.29) is 5.60 Å². The van der Waals surface area contributed by atoms with Crippen LogP contribution in [0.25, 0.3) is 11.3 Å². The summed E-state index contributed by atoms with van der Waals surface area (Å²) in [5.74, 6) is 0.579. The minimum atomic E-state index is -0.199. The molecule has 0 amide bonds. The average Bonchev–Trinajstić information content (AvgIpc) is 2.75. The SMILES string of the molecule is CC(C)(C)OCc1nc(-c2ccc(Cl)cc2)co1. The second-order valence-corrected chi connectivity index (χ2v) is 5.47. The zero-order valence-corrected chi connectivity index (χ0v) is 11.5. The van der Waals surface area contributed by atoms with Crippen molar-refractivity contribution in [2.75, 3.05) is 0 Å². The summed E-state index contributed by atoms with van der Waals surface area (Å²) in [5.41, 5.74) is 1.57. The summed E-state index contributed by atoms with van der Waals surface area (Å²) in [6, 6.07) is 7.48. The van der Waals surface area contributed by atoms with E-state index < -0.39 is 0 Å². The Morgan fingerprint density at radius 3 is 2.50 bits per heavy atom. The van der Waals surface area contributed by atoms with Crippen molar-refractivity contribution in [3.63, 3.8) is 0 Å². The van der Waals surface area contributed by atoms with Gasteiger partial charge in [0, 0.05) is 10.6 Å². The van der Waals surface area contributed by atoms with E-state index in [0.717, 1.165) is 11.3 Å². The van der Waals surface area contributed by atoms with Crippen molar-refractivity contribution >= 4 is 11.6 Å². The Balaban J connectivity index is 2.08. The van der Waals surface area contributed by atoms with E-state index in [4.69, 9.17) is 20.8 Å². The number of rotatable bonds is 3. The van der Waals surface area contributed by atoms with Gasteiger partial charge in [-0.1, -0.05) is 23.7 Å². The van der Waals surface area contributed by atoms with Crippen molar-refractivity contribution < 1.29 is 9.15 Å². The van der Waals surface area contributed by atoms with E-state index in [1.54, 1.807) is 6.26 Å². The first kappa shape index (κ1) is 13.1. The maximum absolute atomic E-state index is 5.84. The Labute approximate surface area is 112 Å². The van der Waals surface area contributed by atoms with E-state index in [1.807, 2.05) is 45.0 Å². The van der Waals surface area contributed by atoms with E-state index in [1.165, 1.54) is 0 Å². The van der Waals surface area contributed by atoms with Gasteiger partial charge in [-0.05, 0) is 32.9 Å². The molecular formula is C14H16ClNO2. The lowest BCUT2D eigenvalue weighted by Crippen LogP contribution is -2.18. The number of ether oxygens (including phenoxy) is 1. The van der Waals surface area contributed by atoms with Gasteiger partial charge >= 0.3 is 0 Å². The molecule has 1 aromatic heterocycles. The highest BCUT2D eigenvalue weighted by Gasteiger charge is 2.13. The molecule has 0 atom stereocenters. The predicted octanol–water partition coefficient (Wildman–Crippen LogP) is 4.31. The van der Waals surface area contributed by atoms with Gasteiger partial charge in [-0.15, -0.1) is 0 Å². The summed E-state index contributed by atoms with van der Waals surface area (Å²) in [4.78, 5) is 4.38. The van der Waals surface area contributed by atoms with Gasteiger partial charge in [0.15, 0.2) is 0 Å². The van der Waals surface area contributed by atoms with Crippen LogP contribution in [0, 0.1) is 0 Å². The number of nitrogens with zero attached hydrogens (tertiary/aromatic N) is 1. The molecule has 0 N–H and O–H groups in total. The van der Waals surface area contributed by atoms with Gasteiger partial charge in [0.1, 0.15) is 18.6 Å². The van der Waals surface area contributed by atoms with Gasteiger partial charge in [-0.2, -0.15) is 0 Å². The van der Waals surface area contributed by atoms with E-state index >= 15 is 0 Å². The molecule has 0 bridgehead atoms. The minimum Gasteiger partial charge on any atom is -0.446 e. The molecule has 96 valence electrons. The number of hydrogen-bond acceptors (Lipinski definition) is 3. The van der Waals surface area contributed by atoms with Crippen LogP contribution in [0.5, 0.6) is 0 Å². The van der Waals surface area contributed by atoms with E-state index in [2.05, 4.69) is 4.98 Å². The van der Waals surface area contributed by atoms with Gasteiger partial charge in [-0.3, -0.25) is 0 Å². The van der Waals surface area contributed by atoms with E-state index in [0.29, 0.717) is 17.5 Å². The quantitative estimate of drug-likeness (QED) is 0.829. The summed E-state index contributed by atoms with van der Waals surface area (Å²) in [6.45, 7) is 6.36. The Bertz CT molecular complexity index is 511. The fraction of sp³-hybridized carbons (Fsp3) is 0.357. The molecule has 1 aromatic carbocycles. The highest BCUT2D eigenvalue weighted by molar-refractivity contribution is 6.30. The first-order valence-electron chi connectivity index (χ1n) is 5.78. The first-order chi connectivity index (χ1) is 8.44. The van der Waals surface area contributed by atoms with Crippen LogP contribution in [0.3, 0.4) is 0 Å². The zero-order chi connectivity index (χ0) is 13.2. The van der Waals surface area contributed by atoms with Gasteiger partial charge in [0.25, 0.3) is 0 Å². The molecule has 0 unspecified atom stereocenters. The molecule has 0 spiro atoms. The maximum Gasteiger partial charge on any atom is 0.220 e. The molecule has 0 saturated heterocycles. The van der Waals surface area contributed by atoms with Gasteiger partial charge in [-0.25, -0.2) is 4.98 Å². The third-order valence-electron chi connectivity index (χ3n) is 2.32. The lowest BCUT2D eigenvalue weighted by molar-refractivity contribution is -0.0243. The lowest BCUT2D eigenvalue weighted by atomic mass is 10.2. The lowest BCUT2D eigenvalue weighted by Gasteiger charge is -2.17. The Hall–Kier alpha value is -1.32. The Morgan fingerprint density at radius 2 is 1.89 bits per heavy atom. The molecule has 0 saturated carbocycles. The number of hydrogen-bond donors (Lipinski definition) is 0. The number of halogens is 1. The van der Waals surface area contributed by atoms with Crippen LogP contribution in [0.4, 0.5) is 0 Å². The fourth-order valence-electron chi connectivity index (χ4n) is 1.41. The van der Waals surface area contributed by atoms with Crippen LogP contribution in [-0.2, 0) is 11.3 Å². The Kier molecular flexibility index (Phi) is 3.73. The topological polar surface area (TPSA) is 35.3 Å². The molecular weight excluding hydrogens is 250 g/mol. The molecule has 0 aliphatic rings. The third-order valence-corrected chi connectivity index (χ3v) is 2.57. The molecule has 2 rings (SSSR count). The van der Waals surface area contributed by atoms with Crippen LogP contribution in [-0.4, -0.2) is 10.6 Å². The molecule has 3 nitrogen and oxygen atoms in total. The minimum absolute atomic E-state index is 0.199. The Morgan fingerprint density at radius 1 is 1.22 bits per heavy atom. The van der Waals surface area contributed by atoms with Crippen LogP contribution in [0.1, 0.15) is 26.7 Å². The van der Waals surface area contributed by atoms with Crippen molar-refractivity contribution in [3.05, 3.63) is 41.4 Å². The fourth-order valence-corrected chi connectivity index (χ4v) is 1.53. The largest absolute Gasteiger partial charge is 0.446 e. The highest BCUT2D eigenvalue weighted by atomic mass is 35.5. The number of aromatic nitrogens is 1. The van der Waals surface area contributed by atoms with Crippen molar-refractivity contribution in [1.82, 2.24) is 4.98 Å². The van der Waals surface area contributed by atoms with Crippen molar-refractivity contribution in [2.24, 2.45) is 0 Å². The monoisotopic (exact) mass is 265 g/mol. The van der Waals surface area contributed by atoms with Crippen molar-refractivity contribution in [3.8, 4) is 11.3 Å². The smallest absolute Gasteiger partial charge is 0.220 e. The summed E-state index contributed by atoms with van der Waals surface area (Å²) in [5, 5.41) is 0.707. The zero-order valence-electron chi connectivity index (χ0n) is 10.7. The summed E-state index contributed by atoms with van der Waals surface area (Å²) in [7, 11) is 0. The van der Waals surface area contributed by atoms with Crippen LogP contribution < -0.4 is 0 Å². The third kappa shape index (κ3) is 3.59. The first-order valence-corrected chi connectivity index (χ1v) is 6.16. The van der Waals surface area contributed by atoms with Crippen molar-refractivity contribution in [2.45, 2.75) is 33.0 Å². The van der Waals surface area contributed by atoms with Crippen LogP contribution in [0.15, 0.2) is 34.9 Å². The predicted molar refractivity (Wildman–Crippen MR) is 71.5 cm³/mol. The summed E-state index contributed by atoms with van der Waals surface area (Å²) in [6.07, 6.45) is 1.63. The molecule has 2 aromatic rings. The average molecular weight is 266 g/mol. The molecule has 0 radical (unpaired) electrons. The standard InChI is InChI=1S/C14H16ClNO2/c1-14(2,3)18-9-13-16-12(8-17-13)10-4-6-11(15)7-5-10/h4-8H,9H2,1-3H3. The maximum atomic E-state index is 5.84. The molecule has 0 aliphatic heterocycles. The molecule has 4 heteroatoms. The summed E-state index contributed by atoms with van der Waals surface area (Å²) >= 11 is 5.84. The normalized spacial score (nSPS) is 11.8. The second-order valence-electron chi connectivity index (χ2n) is 5.03. The molecule has 0 aliphatic carbocycles. The number of oxazole rings is 1. The molecule has 1 heterocycles.